The molecule has 2 rings (SSSR count). The van der Waals surface area contributed by atoms with Gasteiger partial charge in [-0.05, 0) is 42.2 Å². The Morgan fingerprint density at radius 1 is 1.15 bits per heavy atom. The zero-order chi connectivity index (χ0) is 14.7. The fourth-order valence-electron chi connectivity index (χ4n) is 2.04. The Morgan fingerprint density at radius 3 is 2.55 bits per heavy atom. The maximum Gasteiger partial charge on any atom is 0.133 e. The monoisotopic (exact) mass is 333 g/mol. The molecule has 0 spiro atoms. The van der Waals surface area contributed by atoms with Gasteiger partial charge in [-0.1, -0.05) is 48.0 Å². The van der Waals surface area contributed by atoms with Gasteiger partial charge in [0.05, 0.1) is 0 Å². The van der Waals surface area contributed by atoms with Crippen LogP contribution in [0.25, 0.3) is 0 Å². The van der Waals surface area contributed by atoms with E-state index in [1.165, 1.54) is 5.56 Å². The molecule has 0 aromatic heterocycles. The summed E-state index contributed by atoms with van der Waals surface area (Å²) < 4.78 is 7.07. The summed E-state index contributed by atoms with van der Waals surface area (Å²) in [5, 5.41) is 0. The molecule has 0 unspecified atom stereocenters. The van der Waals surface area contributed by atoms with E-state index >= 15 is 0 Å². The third kappa shape index (κ3) is 3.22. The first-order valence-electron chi connectivity index (χ1n) is 6.78. The number of aryl methyl sites for hydroxylation is 1. The Balaban J connectivity index is 2.39. The molecule has 0 amide bonds. The van der Waals surface area contributed by atoms with Crippen molar-refractivity contribution in [1.29, 1.82) is 0 Å². The molecule has 0 heterocycles. The van der Waals surface area contributed by atoms with Crippen molar-refractivity contribution in [3.63, 3.8) is 0 Å². The molecule has 0 aliphatic heterocycles. The molecule has 2 aromatic carbocycles. The fraction of sp³-hybridized carbons (Fsp3) is 0.294. The van der Waals surface area contributed by atoms with Crippen LogP contribution in [0.15, 0.2) is 40.9 Å². The molecule has 106 valence electrons. The molecule has 0 saturated carbocycles. The summed E-state index contributed by atoms with van der Waals surface area (Å²) >= 11 is 3.52. The SMILES string of the molecule is Cc1ccc(C(C)C)cc1Oc1cccc(Br)c1CN. The molecule has 2 aromatic rings. The second-order valence-corrected chi connectivity index (χ2v) is 6.06. The van der Waals surface area contributed by atoms with E-state index in [1.54, 1.807) is 0 Å². The van der Waals surface area contributed by atoms with E-state index in [1.807, 2.05) is 18.2 Å². The van der Waals surface area contributed by atoms with E-state index in [9.17, 15) is 0 Å². The molecule has 0 atom stereocenters. The molecule has 0 radical (unpaired) electrons. The van der Waals surface area contributed by atoms with Gasteiger partial charge in [0, 0.05) is 16.6 Å². The topological polar surface area (TPSA) is 35.2 Å². The van der Waals surface area contributed by atoms with Crippen molar-refractivity contribution in [3.8, 4) is 11.5 Å². The van der Waals surface area contributed by atoms with Crippen molar-refractivity contribution in [2.45, 2.75) is 33.2 Å². The van der Waals surface area contributed by atoms with Gasteiger partial charge in [-0.15, -0.1) is 0 Å². The van der Waals surface area contributed by atoms with E-state index in [-0.39, 0.29) is 0 Å². The standard InChI is InChI=1S/C17H20BrNO/c1-11(2)13-8-7-12(3)17(9-13)20-16-6-4-5-15(18)14(16)10-19/h4-9,11H,10,19H2,1-3H3. The predicted octanol–water partition coefficient (Wildman–Crippen LogP) is 5.13. The highest BCUT2D eigenvalue weighted by atomic mass is 79.9. The maximum atomic E-state index is 6.09. The molecule has 2 nitrogen and oxygen atoms in total. The summed E-state index contributed by atoms with van der Waals surface area (Å²) in [5.41, 5.74) is 9.19. The number of hydrogen-bond donors (Lipinski definition) is 1. The first-order valence-corrected chi connectivity index (χ1v) is 7.58. The normalized spacial score (nSPS) is 10.9. The van der Waals surface area contributed by atoms with Gasteiger partial charge in [-0.2, -0.15) is 0 Å². The van der Waals surface area contributed by atoms with Crippen LogP contribution in [-0.4, -0.2) is 0 Å². The van der Waals surface area contributed by atoms with E-state index in [0.717, 1.165) is 27.1 Å². The summed E-state index contributed by atoms with van der Waals surface area (Å²) in [6.07, 6.45) is 0. The van der Waals surface area contributed by atoms with Gasteiger partial charge in [0.25, 0.3) is 0 Å². The highest BCUT2D eigenvalue weighted by molar-refractivity contribution is 9.10. The van der Waals surface area contributed by atoms with Crippen LogP contribution in [0.5, 0.6) is 11.5 Å². The highest BCUT2D eigenvalue weighted by Crippen LogP contribution is 2.33. The summed E-state index contributed by atoms with van der Waals surface area (Å²) in [7, 11) is 0. The lowest BCUT2D eigenvalue weighted by Crippen LogP contribution is -2.01. The van der Waals surface area contributed by atoms with E-state index < -0.39 is 0 Å². The quantitative estimate of drug-likeness (QED) is 0.841. The molecular formula is C17H20BrNO. The van der Waals surface area contributed by atoms with Gasteiger partial charge in [0.1, 0.15) is 11.5 Å². The minimum Gasteiger partial charge on any atom is -0.457 e. The predicted molar refractivity (Wildman–Crippen MR) is 87.4 cm³/mol. The second-order valence-electron chi connectivity index (χ2n) is 5.20. The van der Waals surface area contributed by atoms with Crippen LogP contribution < -0.4 is 10.5 Å². The molecule has 0 aliphatic rings. The first kappa shape index (κ1) is 15.1. The Bertz CT molecular complexity index is 608. The minimum atomic E-state index is 0.444. The van der Waals surface area contributed by atoms with Gasteiger partial charge in [-0.3, -0.25) is 0 Å². The van der Waals surface area contributed by atoms with E-state index in [0.29, 0.717) is 12.5 Å². The molecule has 3 heteroatoms. The second kappa shape index (κ2) is 6.42. The summed E-state index contributed by atoms with van der Waals surface area (Å²) in [5.74, 6) is 2.18. The van der Waals surface area contributed by atoms with Gasteiger partial charge in [0.2, 0.25) is 0 Å². The average molecular weight is 334 g/mol. The van der Waals surface area contributed by atoms with E-state index in [2.05, 4.69) is 54.9 Å². The van der Waals surface area contributed by atoms with Crippen molar-refractivity contribution in [1.82, 2.24) is 0 Å². The minimum absolute atomic E-state index is 0.444. The number of hydrogen-bond acceptors (Lipinski definition) is 2. The van der Waals surface area contributed by atoms with Crippen LogP contribution >= 0.6 is 15.9 Å². The highest BCUT2D eigenvalue weighted by Gasteiger charge is 2.10. The van der Waals surface area contributed by atoms with Crippen LogP contribution in [0.4, 0.5) is 0 Å². The van der Waals surface area contributed by atoms with Crippen LogP contribution in [-0.2, 0) is 6.54 Å². The lowest BCUT2D eigenvalue weighted by Gasteiger charge is -2.15. The van der Waals surface area contributed by atoms with Crippen LogP contribution in [0.2, 0.25) is 0 Å². The summed E-state index contributed by atoms with van der Waals surface area (Å²) in [6, 6.07) is 12.3. The van der Waals surface area contributed by atoms with Crippen LogP contribution in [0.3, 0.4) is 0 Å². The van der Waals surface area contributed by atoms with Crippen molar-refractivity contribution >= 4 is 15.9 Å². The zero-order valence-electron chi connectivity index (χ0n) is 12.1. The van der Waals surface area contributed by atoms with Crippen molar-refractivity contribution in [2.24, 2.45) is 5.73 Å². The maximum absolute atomic E-state index is 6.09. The Morgan fingerprint density at radius 2 is 1.90 bits per heavy atom. The Kier molecular flexibility index (Phi) is 4.84. The summed E-state index contributed by atoms with van der Waals surface area (Å²) in [4.78, 5) is 0. The van der Waals surface area contributed by atoms with Crippen molar-refractivity contribution < 1.29 is 4.74 Å². The molecule has 0 fully saturated rings. The smallest absolute Gasteiger partial charge is 0.133 e. The van der Waals surface area contributed by atoms with Crippen LogP contribution in [0, 0.1) is 6.92 Å². The molecular weight excluding hydrogens is 314 g/mol. The molecule has 20 heavy (non-hydrogen) atoms. The molecule has 0 aliphatic carbocycles. The largest absolute Gasteiger partial charge is 0.457 e. The average Bonchev–Trinajstić information content (AvgIpc) is 2.41. The number of rotatable bonds is 4. The van der Waals surface area contributed by atoms with Crippen molar-refractivity contribution in [2.75, 3.05) is 0 Å². The van der Waals surface area contributed by atoms with Gasteiger partial charge in [0.15, 0.2) is 0 Å². The van der Waals surface area contributed by atoms with E-state index in [4.69, 9.17) is 10.5 Å². The Labute approximate surface area is 129 Å². The van der Waals surface area contributed by atoms with Crippen molar-refractivity contribution in [3.05, 3.63) is 57.6 Å². The van der Waals surface area contributed by atoms with Gasteiger partial charge >= 0.3 is 0 Å². The summed E-state index contributed by atoms with van der Waals surface area (Å²) in [6.45, 7) is 6.86. The number of halogens is 1. The fourth-order valence-corrected chi connectivity index (χ4v) is 2.55. The molecule has 0 saturated heterocycles. The zero-order valence-corrected chi connectivity index (χ0v) is 13.7. The molecule has 0 bridgehead atoms. The number of nitrogens with two attached hydrogens (primary N) is 1. The van der Waals surface area contributed by atoms with Crippen LogP contribution in [0.1, 0.15) is 36.5 Å². The van der Waals surface area contributed by atoms with Gasteiger partial charge < -0.3 is 10.5 Å². The third-order valence-electron chi connectivity index (χ3n) is 3.38. The third-order valence-corrected chi connectivity index (χ3v) is 4.12. The molecule has 2 N–H and O–H groups in total. The first-order chi connectivity index (χ1) is 9.52. The lowest BCUT2D eigenvalue weighted by atomic mass is 10.0. The number of ether oxygens (including phenoxy) is 1. The Hall–Kier alpha value is -1.32. The lowest BCUT2D eigenvalue weighted by molar-refractivity contribution is 0.471. The van der Waals surface area contributed by atoms with Gasteiger partial charge in [-0.25, -0.2) is 0 Å². The number of benzene rings is 2.